The number of hydrogen-bond acceptors (Lipinski definition) is 1. The lowest BCUT2D eigenvalue weighted by Crippen LogP contribution is -2.17. The second kappa shape index (κ2) is 5.90. The number of halogens is 2. The third kappa shape index (κ3) is 3.97. The van der Waals surface area contributed by atoms with Gasteiger partial charge in [-0.3, -0.25) is 0 Å². The summed E-state index contributed by atoms with van der Waals surface area (Å²) < 4.78 is 0. The van der Waals surface area contributed by atoms with Gasteiger partial charge in [-0.15, -0.1) is 0 Å². The van der Waals surface area contributed by atoms with E-state index >= 15 is 0 Å². The zero-order chi connectivity index (χ0) is 11.4. The van der Waals surface area contributed by atoms with Crippen molar-refractivity contribution >= 4 is 23.2 Å². The summed E-state index contributed by atoms with van der Waals surface area (Å²) in [5, 5.41) is 5.12. The van der Waals surface area contributed by atoms with Crippen molar-refractivity contribution in [1.29, 1.82) is 0 Å². The summed E-state index contributed by atoms with van der Waals surface area (Å²) in [6.45, 7) is 1.13. The molecule has 0 bridgehead atoms. The maximum atomic E-state index is 6.10. The Bertz CT molecular complexity index is 348. The van der Waals surface area contributed by atoms with Crippen molar-refractivity contribution in [1.82, 2.24) is 5.32 Å². The lowest BCUT2D eigenvalue weighted by molar-refractivity contribution is 0.620. The molecular weight excluding hydrogens is 241 g/mol. The van der Waals surface area contributed by atoms with Gasteiger partial charge in [-0.1, -0.05) is 23.2 Å². The molecule has 0 spiro atoms. The molecule has 1 aromatic rings. The molecule has 0 saturated heterocycles. The molecular formula is C13H17Cl2N. The molecule has 1 aliphatic carbocycles. The Morgan fingerprint density at radius 2 is 2.00 bits per heavy atom. The largest absolute Gasteiger partial charge is 0.314 e. The molecule has 0 heterocycles. The molecule has 16 heavy (non-hydrogen) atoms. The van der Waals surface area contributed by atoms with Crippen LogP contribution in [0.4, 0.5) is 0 Å². The first kappa shape index (κ1) is 12.2. The molecule has 0 amide bonds. The van der Waals surface area contributed by atoms with E-state index in [2.05, 4.69) is 5.32 Å². The smallest absolute Gasteiger partial charge is 0.0439 e. The average Bonchev–Trinajstić information content (AvgIpc) is 3.06. The van der Waals surface area contributed by atoms with Crippen molar-refractivity contribution in [3.63, 3.8) is 0 Å². The molecule has 1 saturated carbocycles. The van der Waals surface area contributed by atoms with E-state index in [1.165, 1.54) is 31.2 Å². The van der Waals surface area contributed by atoms with Gasteiger partial charge in [0.15, 0.2) is 0 Å². The summed E-state index contributed by atoms with van der Waals surface area (Å²) in [6.07, 6.45) is 6.12. The lowest BCUT2D eigenvalue weighted by Gasteiger charge is -2.05. The van der Waals surface area contributed by atoms with Gasteiger partial charge in [-0.25, -0.2) is 0 Å². The van der Waals surface area contributed by atoms with Crippen LogP contribution in [0.15, 0.2) is 18.2 Å². The van der Waals surface area contributed by atoms with Crippen LogP contribution in [0.1, 0.15) is 31.2 Å². The molecule has 0 aliphatic heterocycles. The van der Waals surface area contributed by atoms with Gasteiger partial charge in [0, 0.05) is 16.1 Å². The number of benzene rings is 1. The van der Waals surface area contributed by atoms with E-state index in [0.717, 1.165) is 29.1 Å². The highest BCUT2D eigenvalue weighted by Gasteiger charge is 2.19. The number of rotatable bonds is 6. The SMILES string of the molecule is Clc1ccc(Cl)c(CCCCNC2CC2)c1. The molecule has 1 aliphatic rings. The third-order valence-electron chi connectivity index (χ3n) is 2.89. The Morgan fingerprint density at radius 3 is 2.75 bits per heavy atom. The van der Waals surface area contributed by atoms with Crippen molar-refractivity contribution in [3.8, 4) is 0 Å². The van der Waals surface area contributed by atoms with Gasteiger partial charge in [-0.2, -0.15) is 0 Å². The Balaban J connectivity index is 1.69. The van der Waals surface area contributed by atoms with E-state index in [1.54, 1.807) is 0 Å². The first-order valence-corrected chi connectivity index (χ1v) is 6.68. The fourth-order valence-electron chi connectivity index (χ4n) is 1.77. The standard InChI is InChI=1S/C13H17Cl2N/c14-11-4-7-13(15)10(9-11)3-1-2-8-16-12-5-6-12/h4,7,9,12,16H,1-3,5-6,8H2. The van der Waals surface area contributed by atoms with Crippen LogP contribution in [0, 0.1) is 0 Å². The Kier molecular flexibility index (Phi) is 4.51. The van der Waals surface area contributed by atoms with Crippen molar-refractivity contribution in [3.05, 3.63) is 33.8 Å². The van der Waals surface area contributed by atoms with Crippen LogP contribution < -0.4 is 5.32 Å². The highest BCUT2D eigenvalue weighted by molar-refractivity contribution is 6.33. The van der Waals surface area contributed by atoms with E-state index in [0.29, 0.717) is 0 Å². The first-order chi connectivity index (χ1) is 7.75. The van der Waals surface area contributed by atoms with E-state index < -0.39 is 0 Å². The van der Waals surface area contributed by atoms with Crippen LogP contribution in [0.5, 0.6) is 0 Å². The molecule has 1 N–H and O–H groups in total. The van der Waals surface area contributed by atoms with Crippen molar-refractivity contribution in [2.24, 2.45) is 0 Å². The lowest BCUT2D eigenvalue weighted by atomic mass is 10.1. The quantitative estimate of drug-likeness (QED) is 0.758. The average molecular weight is 258 g/mol. The van der Waals surface area contributed by atoms with Crippen LogP contribution in [-0.4, -0.2) is 12.6 Å². The molecule has 1 fully saturated rings. The predicted octanol–water partition coefficient (Wildman–Crippen LogP) is 4.07. The summed E-state index contributed by atoms with van der Waals surface area (Å²) in [5.41, 5.74) is 1.17. The second-order valence-corrected chi connectivity index (χ2v) is 5.26. The van der Waals surface area contributed by atoms with Gasteiger partial charge in [0.1, 0.15) is 0 Å². The second-order valence-electron chi connectivity index (χ2n) is 4.42. The molecule has 3 heteroatoms. The molecule has 88 valence electrons. The molecule has 2 rings (SSSR count). The highest BCUT2D eigenvalue weighted by atomic mass is 35.5. The minimum atomic E-state index is 0.774. The summed E-state index contributed by atoms with van der Waals surface area (Å²) in [7, 11) is 0. The molecule has 0 atom stereocenters. The molecule has 0 aromatic heterocycles. The Hall–Kier alpha value is -0.240. The van der Waals surface area contributed by atoms with Crippen LogP contribution in [-0.2, 0) is 6.42 Å². The van der Waals surface area contributed by atoms with Crippen molar-refractivity contribution in [2.75, 3.05) is 6.54 Å². The predicted molar refractivity (Wildman–Crippen MR) is 70.4 cm³/mol. The van der Waals surface area contributed by atoms with Crippen LogP contribution >= 0.6 is 23.2 Å². The van der Waals surface area contributed by atoms with Gasteiger partial charge in [-0.05, 0) is 62.4 Å². The Labute approximate surface area is 107 Å². The maximum absolute atomic E-state index is 6.10. The van der Waals surface area contributed by atoms with E-state index in [9.17, 15) is 0 Å². The molecule has 1 nitrogen and oxygen atoms in total. The summed E-state index contributed by atoms with van der Waals surface area (Å²) >= 11 is 12.0. The fraction of sp³-hybridized carbons (Fsp3) is 0.538. The van der Waals surface area contributed by atoms with Crippen LogP contribution in [0.2, 0.25) is 10.0 Å². The number of hydrogen-bond donors (Lipinski definition) is 1. The van der Waals surface area contributed by atoms with Crippen molar-refractivity contribution in [2.45, 2.75) is 38.1 Å². The normalized spacial score (nSPS) is 15.4. The highest BCUT2D eigenvalue weighted by Crippen LogP contribution is 2.22. The molecule has 0 unspecified atom stereocenters. The number of aryl methyl sites for hydroxylation is 1. The van der Waals surface area contributed by atoms with E-state index in [-0.39, 0.29) is 0 Å². The van der Waals surface area contributed by atoms with Gasteiger partial charge < -0.3 is 5.32 Å². The topological polar surface area (TPSA) is 12.0 Å². The molecule has 0 radical (unpaired) electrons. The van der Waals surface area contributed by atoms with E-state index in [1.807, 2.05) is 18.2 Å². The summed E-state index contributed by atoms with van der Waals surface area (Å²) in [5.74, 6) is 0. The fourth-order valence-corrected chi connectivity index (χ4v) is 2.18. The minimum absolute atomic E-state index is 0.774. The zero-order valence-electron chi connectivity index (χ0n) is 9.31. The van der Waals surface area contributed by atoms with Gasteiger partial charge >= 0.3 is 0 Å². The molecule has 1 aromatic carbocycles. The van der Waals surface area contributed by atoms with Gasteiger partial charge in [0.05, 0.1) is 0 Å². The van der Waals surface area contributed by atoms with Crippen LogP contribution in [0.25, 0.3) is 0 Å². The Morgan fingerprint density at radius 1 is 1.19 bits per heavy atom. The van der Waals surface area contributed by atoms with Crippen molar-refractivity contribution < 1.29 is 0 Å². The van der Waals surface area contributed by atoms with E-state index in [4.69, 9.17) is 23.2 Å². The summed E-state index contributed by atoms with van der Waals surface area (Å²) in [4.78, 5) is 0. The summed E-state index contributed by atoms with van der Waals surface area (Å²) in [6, 6.07) is 6.50. The van der Waals surface area contributed by atoms with Gasteiger partial charge in [0.2, 0.25) is 0 Å². The van der Waals surface area contributed by atoms with Gasteiger partial charge in [0.25, 0.3) is 0 Å². The third-order valence-corrected chi connectivity index (χ3v) is 3.49. The first-order valence-electron chi connectivity index (χ1n) is 5.93. The monoisotopic (exact) mass is 257 g/mol. The number of nitrogens with one attached hydrogen (secondary N) is 1. The minimum Gasteiger partial charge on any atom is -0.314 e. The maximum Gasteiger partial charge on any atom is 0.0439 e. The zero-order valence-corrected chi connectivity index (χ0v) is 10.8. The van der Waals surface area contributed by atoms with Crippen LogP contribution in [0.3, 0.4) is 0 Å². The number of unbranched alkanes of at least 4 members (excludes halogenated alkanes) is 1.